The largest absolute Gasteiger partial charge is 0.369 e. The van der Waals surface area contributed by atoms with Gasteiger partial charge in [-0.25, -0.2) is 9.97 Å². The van der Waals surface area contributed by atoms with Gasteiger partial charge in [-0.15, -0.1) is 0 Å². The number of aromatic nitrogens is 3. The lowest BCUT2D eigenvalue weighted by molar-refractivity contribution is 0.475. The Morgan fingerprint density at radius 1 is 1.37 bits per heavy atom. The van der Waals surface area contributed by atoms with E-state index in [1.54, 1.807) is 0 Å². The molecule has 4 nitrogen and oxygen atoms in total. The Balaban J connectivity index is 2.51. The Bertz CT molecular complexity index is 564. The van der Waals surface area contributed by atoms with Gasteiger partial charge >= 0.3 is 0 Å². The summed E-state index contributed by atoms with van der Waals surface area (Å²) in [6.45, 7) is 7.37. The Morgan fingerprint density at radius 2 is 2.05 bits per heavy atom. The van der Waals surface area contributed by atoms with Gasteiger partial charge in [0.25, 0.3) is 0 Å². The van der Waals surface area contributed by atoms with Crippen molar-refractivity contribution in [1.29, 1.82) is 0 Å². The van der Waals surface area contributed by atoms with Crippen LogP contribution in [0.1, 0.15) is 32.3 Å². The van der Waals surface area contributed by atoms with Gasteiger partial charge in [-0.3, -0.25) is 4.57 Å². The molecule has 0 bridgehead atoms. The minimum Gasteiger partial charge on any atom is -0.369 e. The molecule has 2 aromatic rings. The van der Waals surface area contributed by atoms with Gasteiger partial charge in [0, 0.05) is 17.5 Å². The van der Waals surface area contributed by atoms with E-state index in [-0.39, 0.29) is 4.75 Å². The molecular formula is C14H22N4S. The van der Waals surface area contributed by atoms with Crippen LogP contribution in [0.25, 0.3) is 11.2 Å². The van der Waals surface area contributed by atoms with E-state index >= 15 is 0 Å². The fourth-order valence-electron chi connectivity index (χ4n) is 2.43. The van der Waals surface area contributed by atoms with Crippen molar-refractivity contribution < 1.29 is 0 Å². The fourth-order valence-corrected chi connectivity index (χ4v) is 3.26. The van der Waals surface area contributed by atoms with Gasteiger partial charge in [-0.1, -0.05) is 13.8 Å². The Hall–Kier alpha value is -1.23. The van der Waals surface area contributed by atoms with Gasteiger partial charge in [0.2, 0.25) is 5.95 Å². The van der Waals surface area contributed by atoms with Crippen LogP contribution in [0.4, 0.5) is 5.95 Å². The number of pyridine rings is 1. The van der Waals surface area contributed by atoms with Gasteiger partial charge in [0.15, 0.2) is 5.65 Å². The topological polar surface area (TPSA) is 56.7 Å². The molecular weight excluding hydrogens is 256 g/mol. The first kappa shape index (κ1) is 14.2. The van der Waals surface area contributed by atoms with Crippen molar-refractivity contribution in [1.82, 2.24) is 14.5 Å². The molecule has 104 valence electrons. The van der Waals surface area contributed by atoms with Crippen LogP contribution in [0.3, 0.4) is 0 Å². The highest BCUT2D eigenvalue weighted by Crippen LogP contribution is 2.34. The van der Waals surface area contributed by atoms with Crippen LogP contribution in [0.5, 0.6) is 0 Å². The maximum atomic E-state index is 6.10. The lowest BCUT2D eigenvalue weighted by Gasteiger charge is -2.30. The molecule has 0 amide bonds. The number of rotatable bonds is 5. The van der Waals surface area contributed by atoms with E-state index in [0.29, 0.717) is 5.95 Å². The molecule has 2 rings (SSSR count). The van der Waals surface area contributed by atoms with E-state index in [9.17, 15) is 0 Å². The first-order chi connectivity index (χ1) is 9.06. The summed E-state index contributed by atoms with van der Waals surface area (Å²) in [5.41, 5.74) is 9.04. The summed E-state index contributed by atoms with van der Waals surface area (Å²) in [6, 6.07) is 1.97. The average molecular weight is 278 g/mol. The van der Waals surface area contributed by atoms with Gasteiger partial charge in [0.05, 0.1) is 0 Å². The SMILES string of the molecule is CCC(CC)(Cn1c(N)nc2c(C)ccnc21)SC. The van der Waals surface area contributed by atoms with Crippen LogP contribution in [-0.4, -0.2) is 25.5 Å². The average Bonchev–Trinajstić information content (AvgIpc) is 2.74. The first-order valence-corrected chi connectivity index (χ1v) is 7.92. The number of nitrogen functional groups attached to an aromatic ring is 1. The minimum absolute atomic E-state index is 0.202. The standard InChI is InChI=1S/C14H22N4S/c1-5-14(6-2,19-4)9-18-12-11(17-13(18)15)10(3)7-8-16-12/h7-8H,5-6,9H2,1-4H3,(H2,15,17). The number of fused-ring (bicyclic) bond motifs is 1. The van der Waals surface area contributed by atoms with Crippen molar-refractivity contribution in [2.45, 2.75) is 44.9 Å². The van der Waals surface area contributed by atoms with Gasteiger partial charge in [-0.2, -0.15) is 11.8 Å². The number of anilines is 1. The van der Waals surface area contributed by atoms with Crippen LogP contribution in [0.15, 0.2) is 12.3 Å². The summed E-state index contributed by atoms with van der Waals surface area (Å²) >= 11 is 1.91. The van der Waals surface area contributed by atoms with E-state index in [1.165, 1.54) is 0 Å². The zero-order chi connectivity index (χ0) is 14.0. The highest BCUT2D eigenvalue weighted by Gasteiger charge is 2.27. The van der Waals surface area contributed by atoms with E-state index in [4.69, 9.17) is 5.73 Å². The summed E-state index contributed by atoms with van der Waals surface area (Å²) in [7, 11) is 0. The predicted molar refractivity (Wildman–Crippen MR) is 83.5 cm³/mol. The summed E-state index contributed by atoms with van der Waals surface area (Å²) < 4.78 is 2.26. The maximum absolute atomic E-state index is 6.10. The second-order valence-corrected chi connectivity index (χ2v) is 6.22. The van der Waals surface area contributed by atoms with E-state index < -0.39 is 0 Å². The monoisotopic (exact) mass is 278 g/mol. The molecule has 0 aliphatic heterocycles. The van der Waals surface area contributed by atoms with Crippen molar-refractivity contribution in [3.8, 4) is 0 Å². The number of nitrogens with zero attached hydrogens (tertiary/aromatic N) is 3. The lowest BCUT2D eigenvalue weighted by atomic mass is 10.0. The highest BCUT2D eigenvalue weighted by atomic mass is 32.2. The Kier molecular flexibility index (Phi) is 4.04. The summed E-state index contributed by atoms with van der Waals surface area (Å²) in [6.07, 6.45) is 6.21. The third-order valence-corrected chi connectivity index (χ3v) is 5.61. The molecule has 2 N–H and O–H groups in total. The molecule has 0 saturated carbocycles. The summed E-state index contributed by atoms with van der Waals surface area (Å²) in [5.74, 6) is 0.567. The Morgan fingerprint density at radius 3 is 2.63 bits per heavy atom. The van der Waals surface area contributed by atoms with Crippen molar-refractivity contribution >= 4 is 28.9 Å². The number of nitrogens with two attached hydrogens (primary N) is 1. The number of thioether (sulfide) groups is 1. The molecule has 5 heteroatoms. The molecule has 0 saturated heterocycles. The van der Waals surface area contributed by atoms with Gasteiger partial charge < -0.3 is 5.73 Å². The lowest BCUT2D eigenvalue weighted by Crippen LogP contribution is -2.29. The maximum Gasteiger partial charge on any atom is 0.202 e. The molecule has 0 aliphatic carbocycles. The third kappa shape index (κ3) is 2.43. The predicted octanol–water partition coefficient (Wildman–Crippen LogP) is 3.24. The summed E-state index contributed by atoms with van der Waals surface area (Å²) in [5, 5.41) is 0. The number of hydrogen-bond acceptors (Lipinski definition) is 4. The normalized spacial score (nSPS) is 12.2. The molecule has 0 radical (unpaired) electrons. The first-order valence-electron chi connectivity index (χ1n) is 6.69. The second-order valence-electron chi connectivity index (χ2n) is 4.95. The molecule has 0 fully saturated rings. The fraction of sp³-hybridized carbons (Fsp3) is 0.571. The molecule has 0 aliphatic rings. The molecule has 19 heavy (non-hydrogen) atoms. The van der Waals surface area contributed by atoms with Gasteiger partial charge in [0.1, 0.15) is 5.52 Å². The van der Waals surface area contributed by atoms with E-state index in [1.807, 2.05) is 30.9 Å². The van der Waals surface area contributed by atoms with Crippen molar-refractivity contribution in [2.75, 3.05) is 12.0 Å². The molecule has 0 atom stereocenters. The smallest absolute Gasteiger partial charge is 0.202 e. The van der Waals surface area contributed by atoms with Crippen LogP contribution in [0, 0.1) is 6.92 Å². The molecule has 2 heterocycles. The third-order valence-electron chi connectivity index (χ3n) is 4.03. The van der Waals surface area contributed by atoms with Crippen LogP contribution in [0.2, 0.25) is 0 Å². The van der Waals surface area contributed by atoms with Crippen LogP contribution in [-0.2, 0) is 6.54 Å². The molecule has 0 unspecified atom stereocenters. The van der Waals surface area contributed by atoms with Crippen molar-refractivity contribution in [3.63, 3.8) is 0 Å². The van der Waals surface area contributed by atoms with Crippen LogP contribution < -0.4 is 5.73 Å². The zero-order valence-electron chi connectivity index (χ0n) is 12.1. The minimum atomic E-state index is 0.202. The number of aryl methyl sites for hydroxylation is 1. The molecule has 2 aromatic heterocycles. The second kappa shape index (κ2) is 5.41. The molecule has 0 spiro atoms. The van der Waals surface area contributed by atoms with Crippen molar-refractivity contribution in [2.24, 2.45) is 0 Å². The Labute approximate surface area is 118 Å². The number of hydrogen-bond donors (Lipinski definition) is 1. The van der Waals surface area contributed by atoms with Crippen LogP contribution >= 0.6 is 11.8 Å². The quantitative estimate of drug-likeness (QED) is 0.912. The number of imidazole rings is 1. The highest BCUT2D eigenvalue weighted by molar-refractivity contribution is 8.00. The van der Waals surface area contributed by atoms with Gasteiger partial charge in [-0.05, 0) is 37.7 Å². The van der Waals surface area contributed by atoms with Crippen molar-refractivity contribution in [3.05, 3.63) is 17.8 Å². The van der Waals surface area contributed by atoms with E-state index in [0.717, 1.165) is 36.1 Å². The zero-order valence-corrected chi connectivity index (χ0v) is 12.9. The summed E-state index contributed by atoms with van der Waals surface area (Å²) in [4.78, 5) is 8.93. The molecule has 0 aromatic carbocycles. The van der Waals surface area contributed by atoms with E-state index in [2.05, 4.69) is 34.6 Å².